The fourth-order valence-corrected chi connectivity index (χ4v) is 4.91. The second kappa shape index (κ2) is 10.7. The van der Waals surface area contributed by atoms with E-state index in [1.54, 1.807) is 24.1 Å². The smallest absolute Gasteiger partial charge is 0.242 e. The molecule has 1 atom stereocenters. The molecule has 1 aliphatic rings. The van der Waals surface area contributed by atoms with Gasteiger partial charge in [-0.3, -0.25) is 14.2 Å². The minimum atomic E-state index is -3.93. The number of sulfonamides is 1. The summed E-state index contributed by atoms with van der Waals surface area (Å²) in [6.07, 6.45) is 4.89. The monoisotopic (exact) mass is 449 g/mol. The number of nitrogens with one attached hydrogen (secondary N) is 1. The molecule has 1 N–H and O–H groups in total. The van der Waals surface area contributed by atoms with E-state index >= 15 is 0 Å². The molecule has 0 bridgehead atoms. The summed E-state index contributed by atoms with van der Waals surface area (Å²) in [6, 6.07) is 9.17. The lowest BCUT2D eigenvalue weighted by Gasteiger charge is -2.34. The summed E-state index contributed by atoms with van der Waals surface area (Å²) < 4.78 is 46.1. The molecule has 1 aliphatic heterocycles. The van der Waals surface area contributed by atoms with Crippen LogP contribution < -0.4 is 9.46 Å². The highest BCUT2D eigenvalue weighted by molar-refractivity contribution is 7.89. The molecule has 0 saturated carbocycles. The number of methoxy groups -OCH3 is 1. The Hall–Kier alpha value is -2.52. The molecule has 1 aromatic heterocycles. The van der Waals surface area contributed by atoms with Gasteiger partial charge in [0.25, 0.3) is 0 Å². The number of piperidine rings is 1. The number of halogens is 1. The first-order chi connectivity index (χ1) is 14.9. The number of alkyl halides is 1. The highest BCUT2D eigenvalue weighted by Crippen LogP contribution is 2.22. The van der Waals surface area contributed by atoms with E-state index in [0.29, 0.717) is 25.3 Å². The maximum absolute atomic E-state index is 13.3. The van der Waals surface area contributed by atoms with Gasteiger partial charge in [-0.15, -0.1) is 0 Å². The number of pyridine rings is 1. The number of ether oxygens (including phenoxy) is 1. The Bertz CT molecular complexity index is 946. The van der Waals surface area contributed by atoms with E-state index < -0.39 is 16.1 Å². The molecule has 0 radical (unpaired) electrons. The molecular formula is C22H28FN3O4S. The van der Waals surface area contributed by atoms with Gasteiger partial charge in [0, 0.05) is 25.5 Å². The molecular weight excluding hydrogens is 421 g/mol. The lowest BCUT2D eigenvalue weighted by atomic mass is 9.93. The molecule has 0 unspecified atom stereocenters. The first-order valence-electron chi connectivity index (χ1n) is 10.3. The molecule has 1 aromatic carbocycles. The number of nitrogens with zero attached hydrogens (tertiary/aromatic N) is 2. The lowest BCUT2D eigenvalue weighted by molar-refractivity contribution is -0.134. The van der Waals surface area contributed by atoms with E-state index in [4.69, 9.17) is 4.74 Å². The normalized spacial score (nSPS) is 16.1. The van der Waals surface area contributed by atoms with Crippen LogP contribution in [0.5, 0.6) is 5.75 Å². The van der Waals surface area contributed by atoms with Gasteiger partial charge in [0.2, 0.25) is 15.9 Å². The summed E-state index contributed by atoms with van der Waals surface area (Å²) in [5.74, 6) is 0.667. The van der Waals surface area contributed by atoms with E-state index in [1.807, 2.05) is 12.1 Å². The molecule has 1 saturated heterocycles. The Kier molecular flexibility index (Phi) is 7.97. The molecule has 2 aromatic rings. The average molecular weight is 450 g/mol. The quantitative estimate of drug-likeness (QED) is 0.636. The van der Waals surface area contributed by atoms with Crippen LogP contribution in [-0.2, 0) is 21.2 Å². The number of amides is 1. The fraction of sp³-hybridized carbons (Fsp3) is 0.455. The zero-order chi connectivity index (χ0) is 22.3. The summed E-state index contributed by atoms with van der Waals surface area (Å²) in [4.78, 5) is 18.8. The number of carbonyl (C=O) groups excluding carboxylic acids is 1. The van der Waals surface area contributed by atoms with Crippen molar-refractivity contribution in [2.24, 2.45) is 5.92 Å². The van der Waals surface area contributed by atoms with Crippen molar-refractivity contribution in [1.82, 2.24) is 14.6 Å². The Morgan fingerprint density at radius 2 is 1.97 bits per heavy atom. The molecule has 168 valence electrons. The molecule has 0 spiro atoms. The van der Waals surface area contributed by atoms with E-state index in [0.717, 1.165) is 18.4 Å². The van der Waals surface area contributed by atoms with Crippen molar-refractivity contribution >= 4 is 15.9 Å². The predicted octanol–water partition coefficient (Wildman–Crippen LogP) is 2.58. The molecule has 1 amide bonds. The van der Waals surface area contributed by atoms with Gasteiger partial charge in [0.15, 0.2) is 0 Å². The molecule has 0 aliphatic carbocycles. The van der Waals surface area contributed by atoms with Gasteiger partial charge in [0.1, 0.15) is 16.7 Å². The SMILES string of the molecule is COc1ccc(C[C@H](NS(=O)(=O)c2cccnc2)C(=O)N2CCC(CCF)CC2)cc1. The Balaban J connectivity index is 1.79. The van der Waals surface area contributed by atoms with Gasteiger partial charge in [0.05, 0.1) is 13.8 Å². The number of benzene rings is 1. The zero-order valence-corrected chi connectivity index (χ0v) is 18.4. The van der Waals surface area contributed by atoms with Gasteiger partial charge < -0.3 is 9.64 Å². The Morgan fingerprint density at radius 1 is 1.26 bits per heavy atom. The number of hydrogen-bond donors (Lipinski definition) is 1. The Morgan fingerprint density at radius 3 is 2.55 bits per heavy atom. The van der Waals surface area contributed by atoms with Crippen molar-refractivity contribution in [3.63, 3.8) is 0 Å². The highest BCUT2D eigenvalue weighted by atomic mass is 32.2. The summed E-state index contributed by atoms with van der Waals surface area (Å²) in [6.45, 7) is 0.637. The van der Waals surface area contributed by atoms with Crippen LogP contribution in [0.15, 0.2) is 53.7 Å². The van der Waals surface area contributed by atoms with Crippen LogP contribution in [0.1, 0.15) is 24.8 Å². The van der Waals surface area contributed by atoms with Crippen LogP contribution in [0, 0.1) is 5.92 Å². The largest absolute Gasteiger partial charge is 0.497 e. The fourth-order valence-electron chi connectivity index (χ4n) is 3.75. The van der Waals surface area contributed by atoms with Crippen LogP contribution >= 0.6 is 0 Å². The number of carbonyl (C=O) groups is 1. The first-order valence-corrected chi connectivity index (χ1v) is 11.8. The molecule has 7 nitrogen and oxygen atoms in total. The molecule has 9 heteroatoms. The van der Waals surface area contributed by atoms with Crippen molar-refractivity contribution in [1.29, 1.82) is 0 Å². The highest BCUT2D eigenvalue weighted by Gasteiger charge is 2.31. The summed E-state index contributed by atoms with van der Waals surface area (Å²) >= 11 is 0. The second-order valence-electron chi connectivity index (χ2n) is 7.66. The van der Waals surface area contributed by atoms with Crippen LogP contribution in [0.3, 0.4) is 0 Å². The van der Waals surface area contributed by atoms with E-state index in [1.165, 1.54) is 24.5 Å². The van der Waals surface area contributed by atoms with E-state index in [2.05, 4.69) is 9.71 Å². The third-order valence-electron chi connectivity index (χ3n) is 5.58. The maximum Gasteiger partial charge on any atom is 0.242 e. The number of hydrogen-bond acceptors (Lipinski definition) is 5. The van der Waals surface area contributed by atoms with Crippen molar-refractivity contribution in [3.05, 3.63) is 54.4 Å². The van der Waals surface area contributed by atoms with Crippen molar-refractivity contribution in [3.8, 4) is 5.75 Å². The summed E-state index contributed by atoms with van der Waals surface area (Å²) in [7, 11) is -2.36. The van der Waals surface area contributed by atoms with E-state index in [9.17, 15) is 17.6 Å². The molecule has 31 heavy (non-hydrogen) atoms. The van der Waals surface area contributed by atoms with Gasteiger partial charge in [-0.2, -0.15) is 4.72 Å². The number of likely N-dealkylation sites (tertiary alicyclic amines) is 1. The van der Waals surface area contributed by atoms with Crippen molar-refractivity contribution in [2.75, 3.05) is 26.9 Å². The third-order valence-corrected chi connectivity index (χ3v) is 7.04. The average Bonchev–Trinajstić information content (AvgIpc) is 2.80. The van der Waals surface area contributed by atoms with Crippen LogP contribution in [-0.4, -0.2) is 57.1 Å². The Labute approximate surface area is 182 Å². The van der Waals surface area contributed by atoms with Gasteiger partial charge >= 0.3 is 0 Å². The van der Waals surface area contributed by atoms with Crippen molar-refractivity contribution in [2.45, 2.75) is 36.6 Å². The maximum atomic E-state index is 13.3. The standard InChI is InChI=1S/C22H28FN3O4S/c1-30-19-6-4-18(5-7-19)15-21(25-31(28,29)20-3-2-12-24-16-20)22(27)26-13-9-17(8-11-23)10-14-26/h2-7,12,16-17,21,25H,8-11,13-15H2,1H3/t21-/m0/s1. The second-order valence-corrected chi connectivity index (χ2v) is 9.38. The third kappa shape index (κ3) is 6.24. The van der Waals surface area contributed by atoms with Gasteiger partial charge in [-0.05, 0) is 61.4 Å². The molecule has 1 fully saturated rings. The summed E-state index contributed by atoms with van der Waals surface area (Å²) in [5, 5.41) is 0. The minimum absolute atomic E-state index is 0.00387. The van der Waals surface area contributed by atoms with Gasteiger partial charge in [-0.1, -0.05) is 12.1 Å². The zero-order valence-electron chi connectivity index (χ0n) is 17.5. The predicted molar refractivity (Wildman–Crippen MR) is 115 cm³/mol. The minimum Gasteiger partial charge on any atom is -0.497 e. The topological polar surface area (TPSA) is 88.6 Å². The van der Waals surface area contributed by atoms with Crippen LogP contribution in [0.2, 0.25) is 0 Å². The number of rotatable bonds is 9. The van der Waals surface area contributed by atoms with Crippen LogP contribution in [0.25, 0.3) is 0 Å². The first kappa shape index (κ1) is 23.1. The van der Waals surface area contributed by atoms with E-state index in [-0.39, 0.29) is 29.8 Å². The lowest BCUT2D eigenvalue weighted by Crippen LogP contribution is -2.51. The number of aromatic nitrogens is 1. The van der Waals surface area contributed by atoms with Crippen LogP contribution in [0.4, 0.5) is 4.39 Å². The molecule has 3 rings (SSSR count). The van der Waals surface area contributed by atoms with Gasteiger partial charge in [-0.25, -0.2) is 8.42 Å². The summed E-state index contributed by atoms with van der Waals surface area (Å²) in [5.41, 5.74) is 0.806. The molecule has 2 heterocycles. The van der Waals surface area contributed by atoms with Crippen molar-refractivity contribution < 1.29 is 22.3 Å².